The normalized spacial score (nSPS) is 18.8. The van der Waals surface area contributed by atoms with Gasteiger partial charge in [0.05, 0.1) is 23.6 Å². The fourth-order valence-corrected chi connectivity index (χ4v) is 3.99. The third kappa shape index (κ3) is 4.77. The topological polar surface area (TPSA) is 66.8 Å². The molecule has 2 amide bonds. The Hall–Kier alpha value is -2.14. The Bertz CT molecular complexity index is 936. The van der Waals surface area contributed by atoms with Gasteiger partial charge in [0.1, 0.15) is 6.61 Å². The molecule has 1 aliphatic heterocycles. The van der Waals surface area contributed by atoms with Gasteiger partial charge in [-0.2, -0.15) is 13.2 Å². The van der Waals surface area contributed by atoms with E-state index < -0.39 is 41.8 Å². The molecule has 0 unspecified atom stereocenters. The zero-order chi connectivity index (χ0) is 22.1. The molecule has 1 N–H and O–H groups in total. The minimum atomic E-state index is -4.58. The molecule has 5 nitrogen and oxygen atoms in total. The fraction of sp³-hybridized carbons (Fsp3) is 0.333. The van der Waals surface area contributed by atoms with Crippen molar-refractivity contribution in [1.29, 1.82) is 0 Å². The second-order valence-corrected chi connectivity index (χ2v) is 8.26. The highest BCUT2D eigenvalue weighted by molar-refractivity contribution is 14.1. The van der Waals surface area contributed by atoms with Crippen molar-refractivity contribution < 1.29 is 32.6 Å². The van der Waals surface area contributed by atoms with Gasteiger partial charge in [0, 0.05) is 3.57 Å². The number of hydrogen-bond donors (Lipinski definition) is 1. The van der Waals surface area contributed by atoms with Crippen LogP contribution in [0.5, 0.6) is 0 Å². The Morgan fingerprint density at radius 2 is 1.93 bits per heavy atom. The summed E-state index contributed by atoms with van der Waals surface area (Å²) in [7, 11) is 0. The second-order valence-electron chi connectivity index (χ2n) is 7.10. The lowest BCUT2D eigenvalue weighted by molar-refractivity contribution is -0.137. The molecular weight excluding hydrogens is 514 g/mol. The molecule has 3 atom stereocenters. The summed E-state index contributed by atoms with van der Waals surface area (Å²) in [5, 5.41) is 10.7. The molecule has 1 fully saturated rings. The average Bonchev–Trinajstić information content (AvgIpc) is 3.06. The van der Waals surface area contributed by atoms with E-state index in [0.29, 0.717) is 9.99 Å². The standard InChI is InChI=1S/C21H19F3INO4/c1-12(18(27)16-10-14(21(22,23)24)7-8-17(16)25)19(28)26-15(11-30-20(26)29)9-13-5-3-2-4-6-13/h2-8,10,12,15,18,27H,9,11H2,1H3/t12-,15+,18+/m0/s1. The van der Waals surface area contributed by atoms with Crippen molar-refractivity contribution in [2.24, 2.45) is 5.92 Å². The van der Waals surface area contributed by atoms with E-state index in [1.807, 2.05) is 30.3 Å². The number of ether oxygens (including phenoxy) is 1. The third-order valence-corrected chi connectivity index (χ3v) is 6.00. The first-order valence-electron chi connectivity index (χ1n) is 9.18. The Morgan fingerprint density at radius 3 is 2.57 bits per heavy atom. The number of amides is 2. The number of hydrogen-bond acceptors (Lipinski definition) is 4. The SMILES string of the molecule is C[C@H](C(=O)N1C(=O)OC[C@H]1Cc1ccccc1)[C@@H](O)c1cc(C(F)(F)F)ccc1I. The van der Waals surface area contributed by atoms with Crippen molar-refractivity contribution in [1.82, 2.24) is 4.90 Å². The summed E-state index contributed by atoms with van der Waals surface area (Å²) in [6, 6.07) is 11.7. The molecule has 0 radical (unpaired) electrons. The first-order chi connectivity index (χ1) is 14.1. The number of rotatable bonds is 5. The summed E-state index contributed by atoms with van der Waals surface area (Å²) in [6.07, 6.45) is -6.54. The molecule has 2 aromatic rings. The monoisotopic (exact) mass is 533 g/mol. The van der Waals surface area contributed by atoms with Gasteiger partial charge >= 0.3 is 12.3 Å². The highest BCUT2D eigenvalue weighted by atomic mass is 127. The summed E-state index contributed by atoms with van der Waals surface area (Å²) in [5.74, 6) is -1.84. The van der Waals surface area contributed by atoms with E-state index in [4.69, 9.17) is 4.74 Å². The number of carbonyl (C=O) groups is 2. The van der Waals surface area contributed by atoms with Gasteiger partial charge in [-0.05, 0) is 58.3 Å². The molecule has 0 aromatic heterocycles. The number of aliphatic hydroxyl groups is 1. The number of halogens is 4. The van der Waals surface area contributed by atoms with E-state index in [2.05, 4.69) is 0 Å². The highest BCUT2D eigenvalue weighted by Crippen LogP contribution is 2.35. The predicted molar refractivity (Wildman–Crippen MR) is 110 cm³/mol. The molecule has 1 aliphatic rings. The Morgan fingerprint density at radius 1 is 1.27 bits per heavy atom. The lowest BCUT2D eigenvalue weighted by atomic mass is 9.94. The van der Waals surface area contributed by atoms with Crippen LogP contribution in [0.25, 0.3) is 0 Å². The van der Waals surface area contributed by atoms with E-state index in [9.17, 15) is 27.9 Å². The summed E-state index contributed by atoms with van der Waals surface area (Å²) in [4.78, 5) is 26.1. The molecule has 0 spiro atoms. The van der Waals surface area contributed by atoms with Gasteiger partial charge in [0.25, 0.3) is 0 Å². The van der Waals surface area contributed by atoms with E-state index >= 15 is 0 Å². The molecular formula is C21H19F3INO4. The van der Waals surface area contributed by atoms with Crippen molar-refractivity contribution in [3.05, 3.63) is 68.8 Å². The molecule has 0 saturated carbocycles. The largest absolute Gasteiger partial charge is 0.447 e. The van der Waals surface area contributed by atoms with Crippen molar-refractivity contribution in [2.45, 2.75) is 31.7 Å². The lowest BCUT2D eigenvalue weighted by Crippen LogP contribution is -2.44. The molecule has 0 aliphatic carbocycles. The predicted octanol–water partition coefficient (Wildman–Crippen LogP) is 4.57. The summed E-state index contributed by atoms with van der Waals surface area (Å²) < 4.78 is 44.6. The van der Waals surface area contributed by atoms with Crippen LogP contribution in [0.4, 0.5) is 18.0 Å². The molecule has 2 aromatic carbocycles. The van der Waals surface area contributed by atoms with Gasteiger partial charge in [-0.3, -0.25) is 4.79 Å². The van der Waals surface area contributed by atoms with E-state index in [1.54, 1.807) is 22.6 Å². The van der Waals surface area contributed by atoms with Crippen molar-refractivity contribution in [2.75, 3.05) is 6.61 Å². The van der Waals surface area contributed by atoms with Gasteiger partial charge in [-0.25, -0.2) is 9.69 Å². The Labute approximate surface area is 185 Å². The smallest absolute Gasteiger partial charge is 0.416 e. The zero-order valence-electron chi connectivity index (χ0n) is 15.9. The molecule has 1 heterocycles. The van der Waals surface area contributed by atoms with Crippen LogP contribution < -0.4 is 0 Å². The molecule has 9 heteroatoms. The van der Waals surface area contributed by atoms with Crippen LogP contribution in [0.2, 0.25) is 0 Å². The maximum Gasteiger partial charge on any atom is 0.416 e. The van der Waals surface area contributed by atoms with Gasteiger partial charge in [-0.15, -0.1) is 0 Å². The molecule has 0 bridgehead atoms. The van der Waals surface area contributed by atoms with Gasteiger partial charge in [-0.1, -0.05) is 37.3 Å². The summed E-state index contributed by atoms with van der Waals surface area (Å²) in [5.41, 5.74) is -0.0307. The average molecular weight is 533 g/mol. The first-order valence-corrected chi connectivity index (χ1v) is 10.3. The molecule has 3 rings (SSSR count). The minimum Gasteiger partial charge on any atom is -0.447 e. The maximum absolute atomic E-state index is 13.1. The van der Waals surface area contributed by atoms with Crippen molar-refractivity contribution >= 4 is 34.6 Å². The van der Waals surface area contributed by atoms with Crippen LogP contribution in [-0.2, 0) is 22.1 Å². The number of alkyl halides is 3. The number of cyclic esters (lactones) is 1. The number of aliphatic hydroxyl groups excluding tert-OH is 1. The molecule has 160 valence electrons. The molecule has 30 heavy (non-hydrogen) atoms. The summed E-state index contributed by atoms with van der Waals surface area (Å²) >= 11 is 1.80. The van der Waals surface area contributed by atoms with E-state index in [1.165, 1.54) is 13.0 Å². The second kappa shape index (κ2) is 8.93. The lowest BCUT2D eigenvalue weighted by Gasteiger charge is -2.26. The minimum absolute atomic E-state index is 0.0153. The van der Waals surface area contributed by atoms with Gasteiger partial charge in [0.2, 0.25) is 5.91 Å². The Kier molecular flexibility index (Phi) is 6.71. The third-order valence-electron chi connectivity index (χ3n) is 5.02. The van der Waals surface area contributed by atoms with Gasteiger partial charge < -0.3 is 9.84 Å². The number of nitrogens with zero attached hydrogens (tertiary/aromatic N) is 1. The van der Waals surface area contributed by atoms with Crippen LogP contribution in [0, 0.1) is 9.49 Å². The number of benzene rings is 2. The van der Waals surface area contributed by atoms with Crippen LogP contribution in [0.3, 0.4) is 0 Å². The molecule has 1 saturated heterocycles. The van der Waals surface area contributed by atoms with Crippen molar-refractivity contribution in [3.63, 3.8) is 0 Å². The van der Waals surface area contributed by atoms with E-state index in [0.717, 1.165) is 22.6 Å². The fourth-order valence-electron chi connectivity index (χ4n) is 3.34. The Balaban J connectivity index is 1.82. The van der Waals surface area contributed by atoms with E-state index in [-0.39, 0.29) is 12.2 Å². The van der Waals surface area contributed by atoms with Crippen LogP contribution in [0.1, 0.15) is 29.7 Å². The number of imide groups is 1. The van der Waals surface area contributed by atoms with Crippen molar-refractivity contribution in [3.8, 4) is 0 Å². The van der Waals surface area contributed by atoms with Gasteiger partial charge in [0.15, 0.2) is 0 Å². The van der Waals surface area contributed by atoms with Crippen LogP contribution in [-0.4, -0.2) is 34.7 Å². The zero-order valence-corrected chi connectivity index (χ0v) is 18.1. The van der Waals surface area contributed by atoms with Crippen LogP contribution >= 0.6 is 22.6 Å². The summed E-state index contributed by atoms with van der Waals surface area (Å²) in [6.45, 7) is 1.40. The number of carbonyl (C=O) groups excluding carboxylic acids is 2. The first kappa shape index (κ1) is 22.5. The quantitative estimate of drug-likeness (QED) is 0.573. The highest BCUT2D eigenvalue weighted by Gasteiger charge is 2.42. The maximum atomic E-state index is 13.1. The van der Waals surface area contributed by atoms with Crippen LogP contribution in [0.15, 0.2) is 48.5 Å².